The number of fused-ring (bicyclic) bond motifs is 1. The number of carbonyl (C=O) groups excluding carboxylic acids is 1. The third-order valence-electron chi connectivity index (χ3n) is 2.11. The summed E-state index contributed by atoms with van der Waals surface area (Å²) in [4.78, 5) is 15.0. The van der Waals surface area contributed by atoms with Gasteiger partial charge in [0.15, 0.2) is 0 Å². The first-order chi connectivity index (χ1) is 6.72. The Morgan fingerprint density at radius 3 is 3.07 bits per heavy atom. The average Bonchev–Trinajstić information content (AvgIpc) is 2.19. The summed E-state index contributed by atoms with van der Waals surface area (Å²) < 4.78 is 5.16. The second-order valence-electron chi connectivity index (χ2n) is 2.94. The number of halogens is 1. The van der Waals surface area contributed by atoms with E-state index in [0.29, 0.717) is 5.57 Å². The molecule has 2 aliphatic rings. The number of carbonyl (C=O) groups is 1. The fourth-order valence-corrected chi connectivity index (χ4v) is 1.98. The Hall–Kier alpha value is -1.16. The van der Waals surface area contributed by atoms with Crippen molar-refractivity contribution in [1.29, 1.82) is 0 Å². The fourth-order valence-electron chi connectivity index (χ4n) is 1.39. The number of dihydropyridines is 1. The maximum atomic E-state index is 11.4. The van der Waals surface area contributed by atoms with Gasteiger partial charge in [-0.1, -0.05) is 15.9 Å². The lowest BCUT2D eigenvalue weighted by Gasteiger charge is -2.19. The molecule has 0 radical (unpaired) electrons. The Morgan fingerprint density at radius 2 is 2.36 bits per heavy atom. The summed E-state index contributed by atoms with van der Waals surface area (Å²) in [6, 6.07) is 0. The molecule has 1 heterocycles. The molecule has 0 N–H and O–H groups in total. The van der Waals surface area contributed by atoms with Gasteiger partial charge in [0.25, 0.3) is 5.91 Å². The van der Waals surface area contributed by atoms with Crippen LogP contribution < -0.4 is 0 Å². The van der Waals surface area contributed by atoms with Gasteiger partial charge in [-0.3, -0.25) is 4.79 Å². The lowest BCUT2D eigenvalue weighted by atomic mass is 9.96. The predicted octanol–water partition coefficient (Wildman–Crippen LogP) is 1.76. The molecular formula is C10H8BrNO2. The molecule has 1 amide bonds. The minimum Gasteiger partial charge on any atom is -0.500 e. The summed E-state index contributed by atoms with van der Waals surface area (Å²) in [5.74, 6) is 0.599. The number of aliphatic imine (C=N–C) groups is 1. The lowest BCUT2D eigenvalue weighted by molar-refractivity contribution is -0.114. The molecule has 0 aromatic carbocycles. The van der Waals surface area contributed by atoms with E-state index in [4.69, 9.17) is 4.74 Å². The van der Waals surface area contributed by atoms with Crippen LogP contribution in [0.2, 0.25) is 0 Å². The zero-order valence-corrected chi connectivity index (χ0v) is 9.11. The smallest absolute Gasteiger partial charge is 0.277 e. The van der Waals surface area contributed by atoms with E-state index in [1.165, 1.54) is 6.21 Å². The van der Waals surface area contributed by atoms with E-state index in [9.17, 15) is 4.79 Å². The molecule has 3 nitrogen and oxygen atoms in total. The molecule has 1 aliphatic heterocycles. The summed E-state index contributed by atoms with van der Waals surface area (Å²) in [5, 5.41) is 0. The lowest BCUT2D eigenvalue weighted by Crippen LogP contribution is -2.15. The minimum atomic E-state index is -0.196. The van der Waals surface area contributed by atoms with Gasteiger partial charge in [-0.15, -0.1) is 0 Å². The largest absolute Gasteiger partial charge is 0.500 e. The molecule has 0 spiro atoms. The summed E-state index contributed by atoms with van der Waals surface area (Å²) >= 11 is 3.40. The van der Waals surface area contributed by atoms with Crippen molar-refractivity contribution in [2.75, 3.05) is 7.11 Å². The van der Waals surface area contributed by atoms with Crippen molar-refractivity contribution in [1.82, 2.24) is 0 Å². The molecule has 1 unspecified atom stereocenters. The van der Waals surface area contributed by atoms with Crippen LogP contribution in [0.25, 0.3) is 0 Å². The molecule has 1 atom stereocenters. The quantitative estimate of drug-likeness (QED) is 0.669. The Balaban J connectivity index is 2.44. The zero-order chi connectivity index (χ0) is 10.1. The van der Waals surface area contributed by atoms with Crippen LogP contribution in [0.4, 0.5) is 0 Å². The van der Waals surface area contributed by atoms with Gasteiger partial charge in [-0.25, -0.2) is 4.99 Å². The first-order valence-electron chi connectivity index (χ1n) is 4.13. The topological polar surface area (TPSA) is 38.7 Å². The maximum absolute atomic E-state index is 11.4. The van der Waals surface area contributed by atoms with Crippen molar-refractivity contribution >= 4 is 28.1 Å². The van der Waals surface area contributed by atoms with Crippen molar-refractivity contribution in [3.63, 3.8) is 0 Å². The van der Waals surface area contributed by atoms with Crippen molar-refractivity contribution in [3.05, 3.63) is 35.1 Å². The minimum absolute atomic E-state index is 0.0445. The molecule has 14 heavy (non-hydrogen) atoms. The average molecular weight is 254 g/mol. The molecule has 0 saturated carbocycles. The van der Waals surface area contributed by atoms with Crippen molar-refractivity contribution < 1.29 is 9.53 Å². The summed E-state index contributed by atoms with van der Waals surface area (Å²) in [7, 11) is 1.61. The summed E-state index contributed by atoms with van der Waals surface area (Å²) in [6.07, 6.45) is 6.96. The van der Waals surface area contributed by atoms with E-state index in [0.717, 1.165) is 11.3 Å². The second kappa shape index (κ2) is 3.53. The number of methoxy groups -OCH3 is 1. The highest BCUT2D eigenvalue weighted by Crippen LogP contribution is 2.29. The van der Waals surface area contributed by atoms with E-state index in [-0.39, 0.29) is 10.7 Å². The Labute approximate surface area is 90.0 Å². The van der Waals surface area contributed by atoms with Crippen LogP contribution in [0.1, 0.15) is 0 Å². The van der Waals surface area contributed by atoms with Gasteiger partial charge < -0.3 is 4.74 Å². The first kappa shape index (κ1) is 9.40. The molecule has 2 rings (SSSR count). The Kier molecular flexibility index (Phi) is 2.37. The molecule has 0 saturated heterocycles. The molecule has 72 valence electrons. The van der Waals surface area contributed by atoms with Gasteiger partial charge in [0.05, 0.1) is 11.9 Å². The zero-order valence-electron chi connectivity index (χ0n) is 7.53. The van der Waals surface area contributed by atoms with E-state index in [2.05, 4.69) is 20.9 Å². The summed E-state index contributed by atoms with van der Waals surface area (Å²) in [6.45, 7) is 0. The van der Waals surface area contributed by atoms with E-state index in [1.54, 1.807) is 13.2 Å². The van der Waals surface area contributed by atoms with Gasteiger partial charge in [-0.05, 0) is 23.8 Å². The fraction of sp³-hybridized carbons (Fsp3) is 0.200. The van der Waals surface area contributed by atoms with Gasteiger partial charge >= 0.3 is 0 Å². The van der Waals surface area contributed by atoms with Crippen LogP contribution in [0.3, 0.4) is 0 Å². The third kappa shape index (κ3) is 1.46. The van der Waals surface area contributed by atoms with Crippen LogP contribution in [0.5, 0.6) is 0 Å². The van der Waals surface area contributed by atoms with Crippen LogP contribution in [-0.4, -0.2) is 24.1 Å². The van der Waals surface area contributed by atoms with Gasteiger partial charge in [0, 0.05) is 11.8 Å². The first-order valence-corrected chi connectivity index (χ1v) is 5.04. The van der Waals surface area contributed by atoms with E-state index < -0.39 is 0 Å². The number of hydrogen-bond donors (Lipinski definition) is 0. The number of ether oxygens (including phenoxy) is 1. The third-order valence-corrected chi connectivity index (χ3v) is 2.82. The number of allylic oxidation sites excluding steroid dienone is 3. The number of amides is 1. The maximum Gasteiger partial charge on any atom is 0.277 e. The molecule has 0 bridgehead atoms. The van der Waals surface area contributed by atoms with Gasteiger partial charge in [-0.2, -0.15) is 0 Å². The van der Waals surface area contributed by atoms with Crippen LogP contribution in [0.15, 0.2) is 40.1 Å². The summed E-state index contributed by atoms with van der Waals surface area (Å²) in [5.41, 5.74) is 1.49. The highest BCUT2D eigenvalue weighted by molar-refractivity contribution is 9.09. The monoisotopic (exact) mass is 253 g/mol. The molecule has 0 fully saturated rings. The molecular weight excluding hydrogens is 246 g/mol. The Morgan fingerprint density at radius 1 is 1.57 bits per heavy atom. The van der Waals surface area contributed by atoms with Gasteiger partial charge in [0.2, 0.25) is 0 Å². The van der Waals surface area contributed by atoms with E-state index in [1.807, 2.05) is 12.2 Å². The van der Waals surface area contributed by atoms with Crippen molar-refractivity contribution in [2.24, 2.45) is 4.99 Å². The normalized spacial score (nSPS) is 24.9. The number of alkyl halides is 1. The SMILES string of the molecule is COC1=CC2=CC=NC(=O)C2=CC1Br. The predicted molar refractivity (Wildman–Crippen MR) is 57.5 cm³/mol. The number of rotatable bonds is 1. The van der Waals surface area contributed by atoms with Crippen LogP contribution >= 0.6 is 15.9 Å². The number of nitrogens with zero attached hydrogens (tertiary/aromatic N) is 1. The van der Waals surface area contributed by atoms with E-state index >= 15 is 0 Å². The molecule has 0 aromatic rings. The van der Waals surface area contributed by atoms with Crippen LogP contribution in [-0.2, 0) is 9.53 Å². The molecule has 1 aliphatic carbocycles. The Bertz CT molecular complexity index is 404. The standard InChI is InChI=1S/C10H8BrNO2/c1-14-9-4-6-2-3-12-10(13)7(6)5-8(9)11/h2-5,8H,1H3. The highest BCUT2D eigenvalue weighted by atomic mass is 79.9. The van der Waals surface area contributed by atoms with Gasteiger partial charge in [0.1, 0.15) is 5.76 Å². The second-order valence-corrected chi connectivity index (χ2v) is 3.92. The highest BCUT2D eigenvalue weighted by Gasteiger charge is 2.23. The van der Waals surface area contributed by atoms with Crippen LogP contribution in [0, 0.1) is 0 Å². The van der Waals surface area contributed by atoms with Crippen molar-refractivity contribution in [3.8, 4) is 0 Å². The molecule has 4 heteroatoms. The number of hydrogen-bond acceptors (Lipinski definition) is 2. The van der Waals surface area contributed by atoms with Crippen molar-refractivity contribution in [2.45, 2.75) is 4.83 Å². The molecule has 0 aromatic heterocycles.